The molecule has 2 aromatic carbocycles. The second kappa shape index (κ2) is 8.85. The van der Waals surface area contributed by atoms with Crippen molar-refractivity contribution < 1.29 is 9.59 Å². The van der Waals surface area contributed by atoms with Crippen molar-refractivity contribution in [1.29, 1.82) is 0 Å². The van der Waals surface area contributed by atoms with Gasteiger partial charge in [0.2, 0.25) is 0 Å². The number of hydrogen-bond acceptors (Lipinski definition) is 3. The van der Waals surface area contributed by atoms with Gasteiger partial charge in [-0.25, -0.2) is 0 Å². The molecule has 0 bridgehead atoms. The van der Waals surface area contributed by atoms with Crippen LogP contribution in [0, 0.1) is 5.92 Å². The quantitative estimate of drug-likeness (QED) is 0.741. The van der Waals surface area contributed by atoms with Crippen molar-refractivity contribution in [3.8, 4) is 0 Å². The Balaban J connectivity index is 2.24. The van der Waals surface area contributed by atoms with Gasteiger partial charge in [0.05, 0.1) is 5.56 Å². The van der Waals surface area contributed by atoms with Crippen LogP contribution in [0.1, 0.15) is 34.6 Å². The van der Waals surface area contributed by atoms with Crippen molar-refractivity contribution in [3.63, 3.8) is 0 Å². The van der Waals surface area contributed by atoms with Gasteiger partial charge in [-0.2, -0.15) is 0 Å². The summed E-state index contributed by atoms with van der Waals surface area (Å²) in [6, 6.07) is 12.5. The number of hydrogen-bond donors (Lipinski definition) is 2. The van der Waals surface area contributed by atoms with Gasteiger partial charge in [0.1, 0.15) is 0 Å². The van der Waals surface area contributed by atoms with Crippen LogP contribution >= 0.6 is 15.9 Å². The topological polar surface area (TPSA) is 61.4 Å². The Morgan fingerprint density at radius 3 is 2.27 bits per heavy atom. The van der Waals surface area contributed by atoms with Crippen molar-refractivity contribution in [2.75, 3.05) is 30.9 Å². The van der Waals surface area contributed by atoms with E-state index in [4.69, 9.17) is 0 Å². The van der Waals surface area contributed by atoms with Crippen LogP contribution in [0.15, 0.2) is 46.9 Å². The molecule has 0 unspecified atom stereocenters. The third kappa shape index (κ3) is 5.33. The number of halogens is 1. The summed E-state index contributed by atoms with van der Waals surface area (Å²) in [7, 11) is 3.77. The van der Waals surface area contributed by atoms with Gasteiger partial charge in [0.25, 0.3) is 11.8 Å². The molecule has 2 N–H and O–H groups in total. The summed E-state index contributed by atoms with van der Waals surface area (Å²) in [4.78, 5) is 26.8. The predicted molar refractivity (Wildman–Crippen MR) is 110 cm³/mol. The Morgan fingerprint density at radius 2 is 1.69 bits per heavy atom. The smallest absolute Gasteiger partial charge is 0.255 e. The zero-order chi connectivity index (χ0) is 19.3. The molecule has 2 amide bonds. The Kier molecular flexibility index (Phi) is 6.80. The number of rotatable bonds is 6. The van der Waals surface area contributed by atoms with Crippen LogP contribution in [0.4, 0.5) is 11.4 Å². The average molecular weight is 418 g/mol. The summed E-state index contributed by atoms with van der Waals surface area (Å²) in [6.07, 6.45) is 0. The van der Waals surface area contributed by atoms with E-state index in [-0.39, 0.29) is 11.8 Å². The molecule has 0 saturated carbocycles. The third-order valence-corrected chi connectivity index (χ3v) is 4.29. The number of nitrogens with zero attached hydrogens (tertiary/aromatic N) is 1. The van der Waals surface area contributed by atoms with Gasteiger partial charge in [0.15, 0.2) is 0 Å². The molecule has 0 aromatic heterocycles. The summed E-state index contributed by atoms with van der Waals surface area (Å²) >= 11 is 3.35. The SMILES string of the molecule is CC(C)CNC(=O)c1cc(NC(=O)c2ccc(Br)cc2)ccc1N(C)C. The molecular weight excluding hydrogens is 394 g/mol. The molecule has 0 aliphatic rings. The fourth-order valence-corrected chi connectivity index (χ4v) is 2.65. The molecule has 0 radical (unpaired) electrons. The van der Waals surface area contributed by atoms with Gasteiger partial charge in [-0.1, -0.05) is 29.8 Å². The maximum absolute atomic E-state index is 12.6. The molecule has 0 spiro atoms. The number of nitrogens with one attached hydrogen (secondary N) is 2. The van der Waals surface area contributed by atoms with Crippen LogP contribution in [-0.2, 0) is 0 Å². The molecule has 26 heavy (non-hydrogen) atoms. The standard InChI is InChI=1S/C20H24BrN3O2/c1-13(2)12-22-20(26)17-11-16(9-10-18(17)24(3)4)23-19(25)14-5-7-15(21)8-6-14/h5-11,13H,12H2,1-4H3,(H,22,26)(H,23,25). The maximum atomic E-state index is 12.6. The van der Waals surface area contributed by atoms with Gasteiger partial charge in [0, 0.05) is 42.1 Å². The maximum Gasteiger partial charge on any atom is 0.255 e. The van der Waals surface area contributed by atoms with Crippen molar-refractivity contribution >= 4 is 39.1 Å². The molecule has 0 fully saturated rings. The minimum atomic E-state index is -0.219. The van der Waals surface area contributed by atoms with Crippen molar-refractivity contribution in [3.05, 3.63) is 58.1 Å². The second-order valence-electron chi connectivity index (χ2n) is 6.69. The summed E-state index contributed by atoms with van der Waals surface area (Å²) in [5.74, 6) is -0.00664. The van der Waals surface area contributed by atoms with E-state index in [1.807, 2.05) is 51.0 Å². The van der Waals surface area contributed by atoms with Crippen LogP contribution in [-0.4, -0.2) is 32.5 Å². The number of carbonyl (C=O) groups is 2. The fraction of sp³-hybridized carbons (Fsp3) is 0.300. The normalized spacial score (nSPS) is 10.5. The molecule has 0 saturated heterocycles. The van der Waals surface area contributed by atoms with E-state index in [1.54, 1.807) is 24.3 Å². The molecule has 6 heteroatoms. The number of anilines is 2. The summed E-state index contributed by atoms with van der Waals surface area (Å²) in [6.45, 7) is 4.69. The molecule has 2 rings (SSSR count). The lowest BCUT2D eigenvalue weighted by atomic mass is 10.1. The fourth-order valence-electron chi connectivity index (χ4n) is 2.38. The van der Waals surface area contributed by atoms with Gasteiger partial charge in [-0.15, -0.1) is 0 Å². The Morgan fingerprint density at radius 1 is 1.04 bits per heavy atom. The molecule has 138 valence electrons. The van der Waals surface area contributed by atoms with Crippen molar-refractivity contribution in [2.24, 2.45) is 5.92 Å². The highest BCUT2D eigenvalue weighted by molar-refractivity contribution is 9.10. The van der Waals surface area contributed by atoms with Gasteiger partial charge >= 0.3 is 0 Å². The zero-order valence-corrected chi connectivity index (χ0v) is 17.1. The average Bonchev–Trinajstić information content (AvgIpc) is 2.59. The number of amides is 2. The lowest BCUT2D eigenvalue weighted by molar-refractivity contribution is 0.0948. The lowest BCUT2D eigenvalue weighted by Crippen LogP contribution is -2.29. The highest BCUT2D eigenvalue weighted by Gasteiger charge is 2.15. The third-order valence-electron chi connectivity index (χ3n) is 3.76. The van der Waals surface area contributed by atoms with Gasteiger partial charge < -0.3 is 15.5 Å². The minimum absolute atomic E-state index is 0.151. The molecule has 0 atom stereocenters. The van der Waals surface area contributed by atoms with Crippen LogP contribution < -0.4 is 15.5 Å². The number of carbonyl (C=O) groups excluding carboxylic acids is 2. The second-order valence-corrected chi connectivity index (χ2v) is 7.61. The van der Waals surface area contributed by atoms with Gasteiger partial charge in [-0.3, -0.25) is 9.59 Å². The van der Waals surface area contributed by atoms with E-state index >= 15 is 0 Å². The van der Waals surface area contributed by atoms with Crippen molar-refractivity contribution in [2.45, 2.75) is 13.8 Å². The van der Waals surface area contributed by atoms with Crippen LogP contribution in [0.25, 0.3) is 0 Å². The highest BCUT2D eigenvalue weighted by atomic mass is 79.9. The van der Waals surface area contributed by atoms with Crippen LogP contribution in [0.2, 0.25) is 0 Å². The Bertz CT molecular complexity index is 786. The first-order valence-electron chi connectivity index (χ1n) is 8.44. The van der Waals surface area contributed by atoms with Crippen molar-refractivity contribution in [1.82, 2.24) is 5.32 Å². The molecule has 0 aliphatic carbocycles. The molecule has 0 heterocycles. The Hall–Kier alpha value is -2.34. The van der Waals surface area contributed by atoms with Gasteiger partial charge in [-0.05, 0) is 48.4 Å². The first-order chi connectivity index (χ1) is 12.3. The highest BCUT2D eigenvalue weighted by Crippen LogP contribution is 2.23. The largest absolute Gasteiger partial charge is 0.377 e. The first-order valence-corrected chi connectivity index (χ1v) is 9.23. The monoisotopic (exact) mass is 417 g/mol. The summed E-state index contributed by atoms with van der Waals surface area (Å²) in [5.41, 5.74) is 2.46. The molecule has 0 aliphatic heterocycles. The van der Waals surface area contributed by atoms with E-state index in [0.29, 0.717) is 29.3 Å². The van der Waals surface area contributed by atoms with Crippen LogP contribution in [0.3, 0.4) is 0 Å². The Labute approximate surface area is 162 Å². The first kappa shape index (κ1) is 20.0. The minimum Gasteiger partial charge on any atom is -0.377 e. The lowest BCUT2D eigenvalue weighted by Gasteiger charge is -2.19. The zero-order valence-electron chi connectivity index (χ0n) is 15.5. The predicted octanol–water partition coefficient (Wildman–Crippen LogP) is 4.15. The van der Waals surface area contributed by atoms with E-state index in [1.165, 1.54) is 0 Å². The summed E-state index contributed by atoms with van der Waals surface area (Å²) < 4.78 is 0.911. The van der Waals surface area contributed by atoms with E-state index in [0.717, 1.165) is 10.2 Å². The molecule has 2 aromatic rings. The molecular formula is C20H24BrN3O2. The van der Waals surface area contributed by atoms with E-state index in [9.17, 15) is 9.59 Å². The molecule has 5 nitrogen and oxygen atoms in total. The van der Waals surface area contributed by atoms with Crippen LogP contribution in [0.5, 0.6) is 0 Å². The van der Waals surface area contributed by atoms with E-state index in [2.05, 4.69) is 26.6 Å². The number of benzene rings is 2. The van der Waals surface area contributed by atoms with E-state index < -0.39 is 0 Å². The summed E-state index contributed by atoms with van der Waals surface area (Å²) in [5, 5.41) is 5.78.